The molecule has 468 valence electrons. The number of likely N-dealkylation sites (tertiary alicyclic amines) is 3. The number of benzene rings is 2. The van der Waals surface area contributed by atoms with E-state index >= 15 is 0 Å². The fourth-order valence-corrected chi connectivity index (χ4v) is 12.9. The molecule has 4 amide bonds. The Bertz CT molecular complexity index is 2780. The maximum absolute atomic E-state index is 14.2. The molecule has 0 saturated carbocycles. The van der Waals surface area contributed by atoms with Gasteiger partial charge in [0.05, 0.1) is 41.4 Å². The number of alkyl halides is 2. The van der Waals surface area contributed by atoms with Gasteiger partial charge in [-0.25, -0.2) is 18.7 Å². The summed E-state index contributed by atoms with van der Waals surface area (Å²) in [4.78, 5) is 77.0. The van der Waals surface area contributed by atoms with E-state index in [0.29, 0.717) is 54.8 Å². The number of amides is 4. The molecule has 85 heavy (non-hydrogen) atoms. The number of ether oxygens (including phenoxy) is 2. The van der Waals surface area contributed by atoms with Crippen molar-refractivity contribution >= 4 is 57.6 Å². The summed E-state index contributed by atoms with van der Waals surface area (Å²) in [5, 5.41) is 24.2. The van der Waals surface area contributed by atoms with E-state index in [2.05, 4.69) is 36.1 Å². The highest BCUT2D eigenvalue weighted by Gasteiger charge is 2.44. The summed E-state index contributed by atoms with van der Waals surface area (Å²) in [7, 11) is 1.63. The van der Waals surface area contributed by atoms with Gasteiger partial charge in [0.15, 0.2) is 11.5 Å². The molecule has 4 saturated heterocycles. The Morgan fingerprint density at radius 3 is 2.13 bits per heavy atom. The summed E-state index contributed by atoms with van der Waals surface area (Å²) >= 11 is 1.58. The number of anilines is 2. The van der Waals surface area contributed by atoms with Crippen LogP contribution in [-0.2, 0) is 25.7 Å². The minimum Gasteiger partial charge on any atom is -0.493 e. The summed E-state index contributed by atoms with van der Waals surface area (Å²) < 4.78 is 40.4. The van der Waals surface area contributed by atoms with Gasteiger partial charge in [0, 0.05) is 102 Å². The van der Waals surface area contributed by atoms with Crippen LogP contribution in [0.3, 0.4) is 0 Å². The van der Waals surface area contributed by atoms with Crippen LogP contribution in [0.1, 0.15) is 160 Å². The largest absolute Gasteiger partial charge is 0.493 e. The van der Waals surface area contributed by atoms with Crippen LogP contribution in [0, 0.1) is 12.3 Å². The van der Waals surface area contributed by atoms with Crippen molar-refractivity contribution in [2.45, 2.75) is 193 Å². The third kappa shape index (κ3) is 19.6. The minimum atomic E-state index is -2.68. The monoisotopic (exact) mass is 1200 g/mol. The van der Waals surface area contributed by atoms with Crippen LogP contribution >= 0.6 is 11.3 Å². The number of carbonyl (C=O) groups is 4. The molecule has 21 heteroatoms. The van der Waals surface area contributed by atoms with Gasteiger partial charge in [0.1, 0.15) is 17.9 Å². The first-order chi connectivity index (χ1) is 40.9. The number of thiazole rings is 1. The molecule has 6 heterocycles. The number of aliphatic hydroxyl groups is 1. The molecule has 0 aliphatic carbocycles. The third-order valence-electron chi connectivity index (χ3n) is 17.2. The number of piperidine rings is 2. The number of aliphatic hydroxyl groups excluding tert-OH is 1. The van der Waals surface area contributed by atoms with Crippen molar-refractivity contribution in [3.8, 4) is 21.9 Å². The summed E-state index contributed by atoms with van der Waals surface area (Å²) in [6, 6.07) is 10.2. The van der Waals surface area contributed by atoms with Gasteiger partial charge < -0.3 is 55.4 Å². The quantitative estimate of drug-likeness (QED) is 0.0298. The van der Waals surface area contributed by atoms with Crippen LogP contribution in [0.15, 0.2) is 41.9 Å². The number of fused-ring (bicyclic) bond motifs is 1. The van der Waals surface area contributed by atoms with Crippen molar-refractivity contribution in [3.05, 3.63) is 53.2 Å². The first kappa shape index (κ1) is 65.2. The smallest absolute Gasteiger partial charge is 0.251 e. The van der Waals surface area contributed by atoms with Crippen LogP contribution in [0.2, 0.25) is 0 Å². The predicted octanol–water partition coefficient (Wildman–Crippen LogP) is 9.65. The standard InChI is InChI=1S/C64H95F2N11O7S/c1-45-57(85-44-69-45)47-23-21-46(22-24-47)42-68-60(81)52-39-49(78)43-77(52)61(82)58(63(2,3)4)72-56(80)19-13-11-9-7-6-8-10-12-14-29-67-55(79)20-17-32-75-34-25-48(26-35-75)70-59-50-40-53(83-5)54(84-38-18-33-74-30-15-16-31-74)41-51(50)71-62(73-59)76-36-27-64(65,66)28-37-76/h21-24,40-41,44,48-49,52,58,78H,6-20,25-39,42-43H2,1-5H3,(H,67,79)(H,68,81)(H,72,80)(H,70,71,73). The number of nitrogens with zero attached hydrogens (tertiary/aromatic N) is 7. The molecule has 3 atom stereocenters. The van der Waals surface area contributed by atoms with Gasteiger partial charge in [-0.05, 0) is 101 Å². The number of aryl methyl sites for hydroxylation is 1. The summed E-state index contributed by atoms with van der Waals surface area (Å²) in [6.45, 7) is 15.5. The lowest BCUT2D eigenvalue weighted by Gasteiger charge is -2.35. The maximum Gasteiger partial charge on any atom is 0.251 e. The van der Waals surface area contributed by atoms with Gasteiger partial charge >= 0.3 is 0 Å². The molecule has 3 unspecified atom stereocenters. The molecule has 0 bridgehead atoms. The van der Waals surface area contributed by atoms with Crippen molar-refractivity contribution in [1.29, 1.82) is 0 Å². The highest BCUT2D eigenvalue weighted by molar-refractivity contribution is 7.13. The highest BCUT2D eigenvalue weighted by atomic mass is 32.1. The second-order valence-electron chi connectivity index (χ2n) is 25.1. The molecule has 8 rings (SSSR count). The minimum absolute atomic E-state index is 0.0313. The van der Waals surface area contributed by atoms with E-state index in [9.17, 15) is 33.1 Å². The molecule has 4 aromatic rings. The molecule has 0 radical (unpaired) electrons. The van der Waals surface area contributed by atoms with Crippen molar-refractivity contribution in [1.82, 2.24) is 45.6 Å². The average Bonchev–Trinajstić information content (AvgIpc) is 4.49. The van der Waals surface area contributed by atoms with Gasteiger partial charge in [0.25, 0.3) is 5.92 Å². The lowest BCUT2D eigenvalue weighted by molar-refractivity contribution is -0.144. The zero-order chi connectivity index (χ0) is 60.3. The second-order valence-corrected chi connectivity index (χ2v) is 25.9. The van der Waals surface area contributed by atoms with Crippen LogP contribution in [0.4, 0.5) is 20.5 Å². The van der Waals surface area contributed by atoms with Gasteiger partial charge in [-0.1, -0.05) is 90.0 Å². The van der Waals surface area contributed by atoms with Crippen LogP contribution in [0.5, 0.6) is 11.5 Å². The van der Waals surface area contributed by atoms with E-state index in [1.54, 1.807) is 18.4 Å². The van der Waals surface area contributed by atoms with E-state index in [1.807, 2.05) is 74.5 Å². The normalized spacial score (nSPS) is 19.1. The number of carbonyl (C=O) groups excluding carboxylic acids is 4. The fourth-order valence-electron chi connectivity index (χ4n) is 12.1. The Labute approximate surface area is 506 Å². The zero-order valence-corrected chi connectivity index (χ0v) is 52.0. The van der Waals surface area contributed by atoms with Gasteiger partial charge in [0.2, 0.25) is 29.6 Å². The van der Waals surface area contributed by atoms with E-state index in [0.717, 1.165) is 150 Å². The number of aromatic nitrogens is 3. The molecule has 4 aliphatic rings. The van der Waals surface area contributed by atoms with Crippen molar-refractivity contribution in [2.24, 2.45) is 5.41 Å². The maximum atomic E-state index is 14.2. The van der Waals surface area contributed by atoms with E-state index in [1.165, 1.54) is 17.7 Å². The first-order valence-electron chi connectivity index (χ1n) is 31.6. The SMILES string of the molecule is COc1cc2c(NC3CCN(CCCC(=O)NCCCCCCCCCCCC(=O)NC(C(=O)N4CC(O)CC4C(=O)NCc4ccc(-c5scnc5C)cc4)C(C)(C)C)CC3)nc(N3CCC(F)(F)CC3)nc2cc1OCCCN1CCCC1. The molecule has 4 fully saturated rings. The van der Waals surface area contributed by atoms with Crippen LogP contribution in [-0.4, -0.2) is 168 Å². The molecular weight excluding hydrogens is 1100 g/mol. The van der Waals surface area contributed by atoms with Crippen LogP contribution in [0.25, 0.3) is 21.3 Å². The highest BCUT2D eigenvalue weighted by Crippen LogP contribution is 2.38. The third-order valence-corrected chi connectivity index (χ3v) is 18.2. The lowest BCUT2D eigenvalue weighted by Crippen LogP contribution is -2.57. The molecule has 0 spiro atoms. The van der Waals surface area contributed by atoms with Crippen LogP contribution < -0.4 is 35.6 Å². The Balaban J connectivity index is 0.660. The number of rotatable bonds is 31. The number of nitrogens with one attached hydrogen (secondary N) is 4. The molecular formula is C64H95F2N11O7S. The summed E-state index contributed by atoms with van der Waals surface area (Å²) in [6.07, 6.45) is 14.8. The summed E-state index contributed by atoms with van der Waals surface area (Å²) in [5.74, 6) is -1.15. The number of hydrogen-bond donors (Lipinski definition) is 5. The molecule has 2 aromatic carbocycles. The van der Waals surface area contributed by atoms with E-state index in [4.69, 9.17) is 19.4 Å². The van der Waals surface area contributed by atoms with Crippen molar-refractivity contribution in [2.75, 3.05) is 89.4 Å². The number of hydrogen-bond acceptors (Lipinski definition) is 15. The Hall–Kier alpha value is -5.77. The average molecular weight is 1200 g/mol. The fraction of sp³-hybridized carbons (Fsp3) is 0.672. The number of halogens is 2. The lowest BCUT2D eigenvalue weighted by atomic mass is 9.85. The van der Waals surface area contributed by atoms with Crippen molar-refractivity contribution in [3.63, 3.8) is 0 Å². The van der Waals surface area contributed by atoms with Gasteiger partial charge in [-0.2, -0.15) is 4.98 Å². The predicted molar refractivity (Wildman–Crippen MR) is 331 cm³/mol. The van der Waals surface area contributed by atoms with E-state index < -0.39 is 29.5 Å². The molecule has 5 N–H and O–H groups in total. The van der Waals surface area contributed by atoms with Gasteiger partial charge in [-0.15, -0.1) is 11.3 Å². The molecule has 2 aromatic heterocycles. The van der Waals surface area contributed by atoms with E-state index in [-0.39, 0.29) is 75.1 Å². The number of β-amino-alcohol motifs (C(OH)–C–C–N with tert-alkyl or cyclic N) is 1. The zero-order valence-electron chi connectivity index (χ0n) is 51.2. The topological polar surface area (TPSA) is 207 Å². The first-order valence-corrected chi connectivity index (χ1v) is 32.5. The van der Waals surface area contributed by atoms with Gasteiger partial charge in [-0.3, -0.25) is 19.2 Å². The Morgan fingerprint density at radius 2 is 1.46 bits per heavy atom. The Morgan fingerprint density at radius 1 is 0.800 bits per heavy atom. The summed E-state index contributed by atoms with van der Waals surface area (Å²) in [5.41, 5.74) is 4.84. The number of methoxy groups -OCH3 is 1. The van der Waals surface area contributed by atoms with Crippen molar-refractivity contribution < 1.29 is 42.5 Å². The molecule has 18 nitrogen and oxygen atoms in total. The second kappa shape index (κ2) is 31.7. The number of unbranched alkanes of at least 4 members (excludes halogenated alkanes) is 8. The molecule has 4 aliphatic heterocycles. The Kier molecular flexibility index (Phi) is 24.4.